The summed E-state index contributed by atoms with van der Waals surface area (Å²) in [5.41, 5.74) is 0.640. The van der Waals surface area contributed by atoms with E-state index in [9.17, 15) is 19.5 Å². The van der Waals surface area contributed by atoms with Crippen molar-refractivity contribution in [3.8, 4) is 5.75 Å². The van der Waals surface area contributed by atoms with E-state index in [0.29, 0.717) is 21.9 Å². The third-order valence-corrected chi connectivity index (χ3v) is 7.17. The molecule has 34 heavy (non-hydrogen) atoms. The van der Waals surface area contributed by atoms with Crippen LogP contribution in [-0.4, -0.2) is 41.5 Å². The topological polar surface area (TPSA) is 106 Å². The minimum Gasteiger partial charge on any atom is -0.507 e. The van der Waals surface area contributed by atoms with E-state index in [1.54, 1.807) is 43.3 Å². The first-order valence-electron chi connectivity index (χ1n) is 10.1. The van der Waals surface area contributed by atoms with Crippen LogP contribution in [0.4, 0.5) is 5.13 Å². The summed E-state index contributed by atoms with van der Waals surface area (Å²) >= 11 is 2.28. The Morgan fingerprint density at radius 3 is 2.76 bits per heavy atom. The number of ketones is 1. The van der Waals surface area contributed by atoms with Crippen LogP contribution in [0.2, 0.25) is 0 Å². The molecule has 0 bridgehead atoms. The Labute approximate surface area is 203 Å². The van der Waals surface area contributed by atoms with E-state index >= 15 is 0 Å². The molecule has 1 aliphatic heterocycles. The minimum atomic E-state index is -0.909. The van der Waals surface area contributed by atoms with Crippen molar-refractivity contribution in [3.05, 3.63) is 81.0 Å². The number of aliphatic hydroxyl groups excluding tert-OH is 1. The zero-order valence-corrected chi connectivity index (χ0v) is 19.9. The molecule has 1 amide bonds. The Balaban J connectivity index is 1.85. The first-order valence-corrected chi connectivity index (χ1v) is 11.8. The molecular formula is C24H20N2O6S2. The number of aliphatic hydroxyl groups is 1. The van der Waals surface area contributed by atoms with Crippen molar-refractivity contribution in [1.82, 2.24) is 4.98 Å². The summed E-state index contributed by atoms with van der Waals surface area (Å²) in [6, 6.07) is 9.23. The van der Waals surface area contributed by atoms with Gasteiger partial charge < -0.3 is 14.6 Å². The van der Waals surface area contributed by atoms with Crippen molar-refractivity contribution in [2.24, 2.45) is 0 Å². The molecule has 10 heteroatoms. The zero-order valence-electron chi connectivity index (χ0n) is 18.3. The number of nitrogens with zero attached hydrogens (tertiary/aromatic N) is 2. The number of esters is 1. The lowest BCUT2D eigenvalue weighted by atomic mass is 10.00. The second kappa shape index (κ2) is 9.62. The largest absolute Gasteiger partial charge is 0.507 e. The van der Waals surface area contributed by atoms with Crippen LogP contribution in [0, 0.1) is 6.92 Å². The molecule has 1 fully saturated rings. The fraction of sp³-hybridized carbons (Fsp3) is 0.167. The lowest BCUT2D eigenvalue weighted by molar-refractivity contribution is -0.132. The highest BCUT2D eigenvalue weighted by Gasteiger charge is 2.49. The van der Waals surface area contributed by atoms with Crippen LogP contribution in [0.1, 0.15) is 31.8 Å². The maximum absolute atomic E-state index is 13.2. The number of carbonyl (C=O) groups excluding carboxylic acids is 3. The molecule has 3 heterocycles. The Morgan fingerprint density at radius 2 is 2.09 bits per heavy atom. The Bertz CT molecular complexity index is 1310. The molecule has 3 aromatic rings. The molecule has 0 saturated carbocycles. The molecule has 0 radical (unpaired) electrons. The van der Waals surface area contributed by atoms with Crippen molar-refractivity contribution >= 4 is 51.2 Å². The van der Waals surface area contributed by atoms with Gasteiger partial charge in [0.25, 0.3) is 5.78 Å². The van der Waals surface area contributed by atoms with Crippen LogP contribution in [0.3, 0.4) is 0 Å². The van der Waals surface area contributed by atoms with Gasteiger partial charge in [0, 0.05) is 10.4 Å². The molecule has 1 N–H and O–H groups in total. The summed E-state index contributed by atoms with van der Waals surface area (Å²) in [4.78, 5) is 45.2. The first-order chi connectivity index (χ1) is 16.4. The highest BCUT2D eigenvalue weighted by molar-refractivity contribution is 7.18. The van der Waals surface area contributed by atoms with Crippen molar-refractivity contribution < 1.29 is 29.0 Å². The van der Waals surface area contributed by atoms with Crippen molar-refractivity contribution in [2.45, 2.75) is 13.0 Å². The number of carbonyl (C=O) groups is 3. The van der Waals surface area contributed by atoms with Gasteiger partial charge >= 0.3 is 11.9 Å². The van der Waals surface area contributed by atoms with Crippen molar-refractivity contribution in [3.63, 3.8) is 0 Å². The number of methoxy groups -OCH3 is 1. The number of amides is 1. The molecule has 2 aromatic heterocycles. The molecule has 174 valence electrons. The van der Waals surface area contributed by atoms with Crippen LogP contribution < -0.4 is 9.64 Å². The Hall–Kier alpha value is -3.76. The second-order valence-electron chi connectivity index (χ2n) is 7.21. The number of thiazole rings is 1. The zero-order chi connectivity index (χ0) is 24.4. The highest BCUT2D eigenvalue weighted by Crippen LogP contribution is 2.45. The fourth-order valence-corrected chi connectivity index (χ4v) is 5.36. The monoisotopic (exact) mass is 496 g/mol. The number of aryl methyl sites for hydroxylation is 1. The smallest absolute Gasteiger partial charge is 0.350 e. The maximum Gasteiger partial charge on any atom is 0.350 e. The summed E-state index contributed by atoms with van der Waals surface area (Å²) in [5.74, 6) is -2.12. The van der Waals surface area contributed by atoms with Crippen LogP contribution in [0.15, 0.2) is 60.0 Å². The summed E-state index contributed by atoms with van der Waals surface area (Å²) in [6.45, 7) is 5.17. The predicted molar refractivity (Wildman–Crippen MR) is 129 cm³/mol. The van der Waals surface area contributed by atoms with E-state index in [1.807, 2.05) is 5.38 Å². The Kier molecular flexibility index (Phi) is 6.62. The number of benzene rings is 1. The Morgan fingerprint density at radius 1 is 1.29 bits per heavy atom. The molecule has 4 rings (SSSR count). The van der Waals surface area contributed by atoms with E-state index < -0.39 is 23.7 Å². The average molecular weight is 497 g/mol. The molecule has 1 atom stereocenters. The molecular weight excluding hydrogens is 476 g/mol. The van der Waals surface area contributed by atoms with Gasteiger partial charge in [-0.25, -0.2) is 9.78 Å². The third kappa shape index (κ3) is 4.13. The lowest BCUT2D eigenvalue weighted by Gasteiger charge is -2.21. The minimum absolute atomic E-state index is 0.0335. The standard InChI is InChI=1S/C24H20N2O6S2/c1-4-10-32-23(30)21-13(2)25-24(34-21)26-18(16-9-6-11-33-16)17(20(28)22(26)29)19(27)14-7-5-8-15(12-14)31-3/h4-9,11-12,18,27H,1,10H2,2-3H3/b19-17+. The number of hydrogen-bond acceptors (Lipinski definition) is 9. The quantitative estimate of drug-likeness (QED) is 0.169. The summed E-state index contributed by atoms with van der Waals surface area (Å²) < 4.78 is 10.3. The molecule has 1 saturated heterocycles. The van der Waals surface area contributed by atoms with Gasteiger partial charge in [-0.3, -0.25) is 14.5 Å². The summed E-state index contributed by atoms with van der Waals surface area (Å²) in [5, 5.41) is 13.1. The summed E-state index contributed by atoms with van der Waals surface area (Å²) in [7, 11) is 1.49. The van der Waals surface area contributed by atoms with Gasteiger partial charge in [-0.15, -0.1) is 11.3 Å². The van der Waals surface area contributed by atoms with E-state index in [0.717, 1.165) is 11.3 Å². The molecule has 1 aromatic carbocycles. The number of Topliss-reactive ketones (excluding diaryl/α,β-unsaturated/α-hetero) is 1. The van der Waals surface area contributed by atoms with Gasteiger partial charge in [0.2, 0.25) is 0 Å². The number of aromatic nitrogens is 1. The highest BCUT2D eigenvalue weighted by atomic mass is 32.1. The van der Waals surface area contributed by atoms with Gasteiger partial charge in [-0.2, -0.15) is 0 Å². The second-order valence-corrected chi connectivity index (χ2v) is 9.17. The SMILES string of the molecule is C=CCOC(=O)c1sc(N2C(=O)C(=O)/C(=C(/O)c3cccc(OC)c3)C2c2cccs2)nc1C. The van der Waals surface area contributed by atoms with Crippen molar-refractivity contribution in [2.75, 3.05) is 18.6 Å². The maximum atomic E-state index is 13.2. The molecule has 1 aliphatic rings. The average Bonchev–Trinajstić information content (AvgIpc) is 3.56. The molecule has 8 nitrogen and oxygen atoms in total. The van der Waals surface area contributed by atoms with Crippen LogP contribution in [0.5, 0.6) is 5.75 Å². The lowest BCUT2D eigenvalue weighted by Crippen LogP contribution is -2.29. The van der Waals surface area contributed by atoms with Crippen LogP contribution >= 0.6 is 22.7 Å². The predicted octanol–water partition coefficient (Wildman–Crippen LogP) is 4.49. The molecule has 0 spiro atoms. The fourth-order valence-electron chi connectivity index (χ4n) is 3.55. The van der Waals surface area contributed by atoms with E-state index in [1.165, 1.54) is 29.4 Å². The number of ether oxygens (including phenoxy) is 2. The normalized spacial score (nSPS) is 17.1. The number of rotatable bonds is 7. The van der Waals surface area contributed by atoms with Gasteiger partial charge in [0.05, 0.1) is 18.4 Å². The van der Waals surface area contributed by atoms with E-state index in [2.05, 4.69) is 11.6 Å². The first kappa shape index (κ1) is 23.4. The van der Waals surface area contributed by atoms with Gasteiger partial charge in [0.1, 0.15) is 29.0 Å². The third-order valence-electron chi connectivity index (χ3n) is 5.11. The molecule has 1 unspecified atom stereocenters. The number of hydrogen-bond donors (Lipinski definition) is 1. The van der Waals surface area contributed by atoms with Crippen LogP contribution in [-0.2, 0) is 14.3 Å². The van der Waals surface area contributed by atoms with E-state index in [-0.39, 0.29) is 27.9 Å². The van der Waals surface area contributed by atoms with Crippen LogP contribution in [0.25, 0.3) is 5.76 Å². The van der Waals surface area contributed by atoms with Gasteiger partial charge in [-0.1, -0.05) is 42.2 Å². The van der Waals surface area contributed by atoms with Gasteiger partial charge in [-0.05, 0) is 30.5 Å². The van der Waals surface area contributed by atoms with E-state index in [4.69, 9.17) is 9.47 Å². The molecule has 0 aliphatic carbocycles. The van der Waals surface area contributed by atoms with Gasteiger partial charge in [0.15, 0.2) is 5.13 Å². The number of thiophene rings is 1. The summed E-state index contributed by atoms with van der Waals surface area (Å²) in [6.07, 6.45) is 1.45. The van der Waals surface area contributed by atoms with Crippen molar-refractivity contribution in [1.29, 1.82) is 0 Å². The number of anilines is 1.